The summed E-state index contributed by atoms with van der Waals surface area (Å²) >= 11 is 0. The summed E-state index contributed by atoms with van der Waals surface area (Å²) in [5.74, 6) is 1.70. The van der Waals surface area contributed by atoms with Gasteiger partial charge >= 0.3 is 6.16 Å². The molecule has 0 aromatic carbocycles. The first-order valence-corrected chi connectivity index (χ1v) is 5.85. The zero-order valence-electron chi connectivity index (χ0n) is 9.79. The van der Waals surface area contributed by atoms with Crippen LogP contribution >= 0.6 is 0 Å². The molecule has 3 heteroatoms. The minimum atomic E-state index is -0.517. The van der Waals surface area contributed by atoms with Crippen LogP contribution in [0.25, 0.3) is 0 Å². The van der Waals surface area contributed by atoms with Gasteiger partial charge in [-0.25, -0.2) is 4.79 Å². The molecule has 2 saturated carbocycles. The molecule has 0 aromatic rings. The molecule has 0 N–H and O–H groups in total. The van der Waals surface area contributed by atoms with Gasteiger partial charge < -0.3 is 9.47 Å². The third-order valence-electron chi connectivity index (χ3n) is 4.26. The van der Waals surface area contributed by atoms with Crippen molar-refractivity contribution in [1.29, 1.82) is 0 Å². The maximum Gasteiger partial charge on any atom is 0.508 e. The van der Waals surface area contributed by atoms with Crippen LogP contribution in [0.4, 0.5) is 4.79 Å². The van der Waals surface area contributed by atoms with E-state index in [4.69, 9.17) is 4.74 Å². The van der Waals surface area contributed by atoms with Crippen molar-refractivity contribution in [3.05, 3.63) is 0 Å². The quantitative estimate of drug-likeness (QED) is 0.660. The SMILES string of the molecule is COC(=O)OC1(C(C)C)CC2CCC1C2. The monoisotopic (exact) mass is 212 g/mol. The summed E-state index contributed by atoms with van der Waals surface area (Å²) in [7, 11) is 1.38. The van der Waals surface area contributed by atoms with Crippen molar-refractivity contribution in [3.8, 4) is 0 Å². The topological polar surface area (TPSA) is 35.5 Å². The van der Waals surface area contributed by atoms with Crippen LogP contribution in [0.3, 0.4) is 0 Å². The van der Waals surface area contributed by atoms with Gasteiger partial charge in [-0.05, 0) is 43.4 Å². The molecule has 15 heavy (non-hydrogen) atoms. The van der Waals surface area contributed by atoms with Crippen molar-refractivity contribution in [1.82, 2.24) is 0 Å². The lowest BCUT2D eigenvalue weighted by molar-refractivity contribution is -0.0881. The van der Waals surface area contributed by atoms with Gasteiger partial charge in [0.15, 0.2) is 0 Å². The highest BCUT2D eigenvalue weighted by atomic mass is 16.7. The lowest BCUT2D eigenvalue weighted by Gasteiger charge is -2.39. The Morgan fingerprint density at radius 1 is 1.40 bits per heavy atom. The second-order valence-electron chi connectivity index (χ2n) is 5.25. The van der Waals surface area contributed by atoms with Gasteiger partial charge in [0.1, 0.15) is 5.60 Å². The van der Waals surface area contributed by atoms with Crippen LogP contribution in [-0.4, -0.2) is 18.9 Å². The Morgan fingerprint density at radius 3 is 2.53 bits per heavy atom. The lowest BCUT2D eigenvalue weighted by atomic mass is 9.76. The minimum Gasteiger partial charge on any atom is -0.438 e. The van der Waals surface area contributed by atoms with Gasteiger partial charge in [0.05, 0.1) is 7.11 Å². The first kappa shape index (κ1) is 10.8. The standard InChI is InChI=1S/C12H20O3/c1-8(2)12(15-11(13)14-3)7-9-4-5-10(12)6-9/h8-10H,4-7H2,1-3H3. The van der Waals surface area contributed by atoms with E-state index in [-0.39, 0.29) is 5.60 Å². The van der Waals surface area contributed by atoms with Crippen molar-refractivity contribution >= 4 is 6.16 Å². The van der Waals surface area contributed by atoms with E-state index in [2.05, 4.69) is 18.6 Å². The van der Waals surface area contributed by atoms with Crippen molar-refractivity contribution in [2.75, 3.05) is 7.11 Å². The van der Waals surface area contributed by atoms with E-state index in [1.54, 1.807) is 0 Å². The van der Waals surface area contributed by atoms with Gasteiger partial charge in [-0.2, -0.15) is 0 Å². The van der Waals surface area contributed by atoms with Crippen molar-refractivity contribution in [2.45, 2.75) is 45.1 Å². The summed E-state index contributed by atoms with van der Waals surface area (Å²) in [4.78, 5) is 11.3. The molecule has 3 nitrogen and oxygen atoms in total. The second kappa shape index (κ2) is 3.69. The third kappa shape index (κ3) is 1.62. The highest BCUT2D eigenvalue weighted by molar-refractivity contribution is 5.60. The Labute approximate surface area is 91.1 Å². The van der Waals surface area contributed by atoms with Crippen LogP contribution in [0.2, 0.25) is 0 Å². The van der Waals surface area contributed by atoms with Gasteiger partial charge in [0.25, 0.3) is 0 Å². The summed E-state index contributed by atoms with van der Waals surface area (Å²) in [6, 6.07) is 0. The minimum absolute atomic E-state index is 0.240. The molecule has 2 rings (SSSR count). The van der Waals surface area contributed by atoms with Gasteiger partial charge in [-0.15, -0.1) is 0 Å². The largest absolute Gasteiger partial charge is 0.508 e. The van der Waals surface area contributed by atoms with Crippen molar-refractivity contribution in [2.24, 2.45) is 17.8 Å². The number of hydrogen-bond acceptors (Lipinski definition) is 3. The summed E-state index contributed by atoms with van der Waals surface area (Å²) in [6.45, 7) is 4.28. The number of rotatable bonds is 2. The molecule has 0 heterocycles. The molecular weight excluding hydrogens is 192 g/mol. The maximum atomic E-state index is 11.3. The summed E-state index contributed by atoms with van der Waals surface area (Å²) < 4.78 is 10.2. The van der Waals surface area contributed by atoms with Crippen LogP contribution in [0.5, 0.6) is 0 Å². The average Bonchev–Trinajstić information content (AvgIpc) is 2.77. The highest BCUT2D eigenvalue weighted by Gasteiger charge is 2.55. The van der Waals surface area contributed by atoms with Crippen molar-refractivity contribution < 1.29 is 14.3 Å². The molecule has 0 aromatic heterocycles. The Hall–Kier alpha value is -0.730. The van der Waals surface area contributed by atoms with Crippen LogP contribution in [0.15, 0.2) is 0 Å². The molecule has 2 aliphatic carbocycles. The number of methoxy groups -OCH3 is 1. The summed E-state index contributed by atoms with van der Waals surface area (Å²) in [5.41, 5.74) is -0.240. The lowest BCUT2D eigenvalue weighted by Crippen LogP contribution is -2.45. The molecule has 2 fully saturated rings. The van der Waals surface area contributed by atoms with Gasteiger partial charge in [0.2, 0.25) is 0 Å². The molecule has 0 saturated heterocycles. The number of ether oxygens (including phenoxy) is 2. The first-order chi connectivity index (χ1) is 7.08. The fourth-order valence-corrected chi connectivity index (χ4v) is 3.47. The van der Waals surface area contributed by atoms with Crippen LogP contribution in [-0.2, 0) is 9.47 Å². The molecule has 0 spiro atoms. The van der Waals surface area contributed by atoms with E-state index in [0.29, 0.717) is 11.8 Å². The van der Waals surface area contributed by atoms with Crippen LogP contribution in [0, 0.1) is 17.8 Å². The molecule has 86 valence electrons. The predicted octanol–water partition coefficient (Wildman–Crippen LogP) is 2.98. The fourth-order valence-electron chi connectivity index (χ4n) is 3.47. The fraction of sp³-hybridized carbons (Fsp3) is 0.917. The normalized spacial score (nSPS) is 38.4. The zero-order valence-corrected chi connectivity index (χ0v) is 9.79. The number of fused-ring (bicyclic) bond motifs is 2. The zero-order chi connectivity index (χ0) is 11.1. The van der Waals surface area contributed by atoms with Crippen LogP contribution < -0.4 is 0 Å². The molecule has 2 bridgehead atoms. The van der Waals surface area contributed by atoms with E-state index >= 15 is 0 Å². The molecule has 2 aliphatic rings. The number of hydrogen-bond donors (Lipinski definition) is 0. The Kier molecular flexibility index (Phi) is 2.65. The average molecular weight is 212 g/mol. The summed E-state index contributed by atoms with van der Waals surface area (Å²) in [5, 5.41) is 0. The highest BCUT2D eigenvalue weighted by Crippen LogP contribution is 2.55. The maximum absolute atomic E-state index is 11.3. The van der Waals surface area contributed by atoms with E-state index in [0.717, 1.165) is 12.3 Å². The van der Waals surface area contributed by atoms with E-state index in [9.17, 15) is 4.79 Å². The Morgan fingerprint density at radius 2 is 2.13 bits per heavy atom. The van der Waals surface area contributed by atoms with Crippen LogP contribution in [0.1, 0.15) is 39.5 Å². The molecular formula is C12H20O3. The third-order valence-corrected chi connectivity index (χ3v) is 4.26. The Balaban J connectivity index is 2.15. The molecule has 0 aliphatic heterocycles. The van der Waals surface area contributed by atoms with E-state index in [1.807, 2.05) is 0 Å². The smallest absolute Gasteiger partial charge is 0.438 e. The Bertz CT molecular complexity index is 262. The van der Waals surface area contributed by atoms with Gasteiger partial charge in [-0.1, -0.05) is 13.8 Å². The molecule has 3 unspecified atom stereocenters. The first-order valence-electron chi connectivity index (χ1n) is 5.85. The van der Waals surface area contributed by atoms with E-state index < -0.39 is 6.16 Å². The predicted molar refractivity (Wildman–Crippen MR) is 56.5 cm³/mol. The number of carbonyl (C=O) groups excluding carboxylic acids is 1. The second-order valence-corrected chi connectivity index (χ2v) is 5.25. The van der Waals surface area contributed by atoms with Gasteiger partial charge in [0, 0.05) is 0 Å². The van der Waals surface area contributed by atoms with Gasteiger partial charge in [-0.3, -0.25) is 0 Å². The molecule has 3 atom stereocenters. The summed E-state index contributed by atoms with van der Waals surface area (Å²) in [6.07, 6.45) is 4.26. The van der Waals surface area contributed by atoms with E-state index in [1.165, 1.54) is 26.4 Å². The molecule has 0 amide bonds. The molecule has 0 radical (unpaired) electrons. The van der Waals surface area contributed by atoms with Crippen molar-refractivity contribution in [3.63, 3.8) is 0 Å². The number of carbonyl (C=O) groups is 1.